The van der Waals surface area contributed by atoms with Gasteiger partial charge in [0.2, 0.25) is 5.78 Å². The van der Waals surface area contributed by atoms with Crippen molar-refractivity contribution in [2.75, 3.05) is 6.61 Å². The molecular formula is C28H37FO7. The fraction of sp³-hybridized carbons (Fsp3) is 0.714. The average Bonchev–Trinajstić information content (AvgIpc) is 3.05. The second-order valence-corrected chi connectivity index (χ2v) is 11.4. The molecular weight excluding hydrogens is 467 g/mol. The number of hydrogen-bond acceptors (Lipinski definition) is 7. The van der Waals surface area contributed by atoms with Gasteiger partial charge >= 0.3 is 11.9 Å². The summed E-state index contributed by atoms with van der Waals surface area (Å²) in [5, 5.41) is 11.5. The van der Waals surface area contributed by atoms with Crippen LogP contribution in [-0.4, -0.2) is 52.6 Å². The summed E-state index contributed by atoms with van der Waals surface area (Å²) in [7, 11) is 0. The normalized spacial score (nSPS) is 43.1. The molecule has 0 bridgehead atoms. The van der Waals surface area contributed by atoms with Crippen molar-refractivity contribution in [1.29, 1.82) is 0 Å². The van der Waals surface area contributed by atoms with E-state index < -0.39 is 64.4 Å². The number of Topliss-reactive ketones (excluding diaryl/α,β-unsaturated/α-hetero) is 1. The Labute approximate surface area is 211 Å². The number of aliphatic hydroxyl groups excluding tert-OH is 1. The van der Waals surface area contributed by atoms with Crippen LogP contribution in [0.3, 0.4) is 0 Å². The minimum Gasteiger partial charge on any atom is -0.457 e. The maximum Gasteiger partial charge on any atom is 0.306 e. The van der Waals surface area contributed by atoms with Gasteiger partial charge in [-0.15, -0.1) is 0 Å². The van der Waals surface area contributed by atoms with Gasteiger partial charge in [-0.2, -0.15) is 0 Å². The van der Waals surface area contributed by atoms with Crippen molar-refractivity contribution in [3.63, 3.8) is 0 Å². The monoisotopic (exact) mass is 504 g/mol. The topological polar surface area (TPSA) is 107 Å². The highest BCUT2D eigenvalue weighted by molar-refractivity contribution is 6.01. The molecule has 0 aromatic heterocycles. The van der Waals surface area contributed by atoms with Crippen LogP contribution in [0.2, 0.25) is 0 Å². The lowest BCUT2D eigenvalue weighted by Crippen LogP contribution is -2.70. The summed E-state index contributed by atoms with van der Waals surface area (Å²) in [5.74, 6) is -3.31. The van der Waals surface area contributed by atoms with Crippen LogP contribution in [0.4, 0.5) is 4.39 Å². The Morgan fingerprint density at radius 1 is 1.14 bits per heavy atom. The molecule has 3 fully saturated rings. The molecule has 8 heteroatoms. The summed E-state index contributed by atoms with van der Waals surface area (Å²) in [5.41, 5.74) is -5.26. The van der Waals surface area contributed by atoms with Crippen molar-refractivity contribution in [1.82, 2.24) is 0 Å². The van der Waals surface area contributed by atoms with E-state index in [2.05, 4.69) is 0 Å². The number of aliphatic hydroxyl groups is 1. The second kappa shape index (κ2) is 8.89. The van der Waals surface area contributed by atoms with Crippen LogP contribution >= 0.6 is 0 Å². The lowest BCUT2D eigenvalue weighted by molar-refractivity contribution is -0.228. The number of halogens is 1. The number of ether oxygens (including phenoxy) is 2. The van der Waals surface area contributed by atoms with Crippen molar-refractivity contribution in [3.8, 4) is 0 Å². The summed E-state index contributed by atoms with van der Waals surface area (Å²) in [6, 6.07) is 0. The number of ketones is 2. The lowest BCUT2D eigenvalue weighted by Gasteiger charge is -2.62. The molecule has 0 saturated heterocycles. The highest BCUT2D eigenvalue weighted by atomic mass is 19.1. The van der Waals surface area contributed by atoms with Gasteiger partial charge in [-0.25, -0.2) is 4.39 Å². The number of carbonyl (C=O) groups is 4. The number of alkyl halides is 1. The highest BCUT2D eigenvalue weighted by Gasteiger charge is 2.77. The molecule has 0 heterocycles. The molecule has 0 radical (unpaired) electrons. The van der Waals surface area contributed by atoms with E-state index in [1.165, 1.54) is 12.2 Å². The molecule has 0 aromatic rings. The Kier molecular flexibility index (Phi) is 6.60. The Morgan fingerprint density at radius 3 is 2.44 bits per heavy atom. The number of fused-ring (bicyclic) bond motifs is 5. The Balaban J connectivity index is 1.80. The molecule has 8 atom stereocenters. The molecule has 4 rings (SSSR count). The summed E-state index contributed by atoms with van der Waals surface area (Å²) < 4.78 is 28.5. The standard InChI is InChI=1S/C28H37FO7/c1-6-23(33)35-15-22(32)28(36-24(34)7-2)16(3)12-20-19-9-8-17-13-18(30)10-11-25(17,4)27(19,29)21(31)14-26(20,28)5/h10-11,13,16,19-21,31H,6-9,12,14-15H2,1-5H3/t16-,19-,20-,21-,25?,26-,27-,28-/m0/s1. The first-order valence-corrected chi connectivity index (χ1v) is 13.0. The summed E-state index contributed by atoms with van der Waals surface area (Å²) in [6.07, 6.45) is 4.32. The first-order valence-electron chi connectivity index (χ1n) is 13.0. The molecule has 0 aliphatic heterocycles. The van der Waals surface area contributed by atoms with Crippen molar-refractivity contribution in [3.05, 3.63) is 23.8 Å². The van der Waals surface area contributed by atoms with E-state index in [1.807, 2.05) is 6.92 Å². The molecule has 0 amide bonds. The predicted molar refractivity (Wildman–Crippen MR) is 128 cm³/mol. The Bertz CT molecular complexity index is 1050. The third-order valence-electron chi connectivity index (χ3n) is 9.81. The molecule has 1 N–H and O–H groups in total. The van der Waals surface area contributed by atoms with Gasteiger partial charge in [0.15, 0.2) is 23.7 Å². The van der Waals surface area contributed by atoms with Crippen molar-refractivity contribution in [2.45, 2.75) is 90.5 Å². The van der Waals surface area contributed by atoms with Crippen LogP contribution < -0.4 is 0 Å². The fourth-order valence-corrected chi connectivity index (χ4v) is 8.01. The quantitative estimate of drug-likeness (QED) is 0.548. The zero-order chi connectivity index (χ0) is 26.7. The molecule has 36 heavy (non-hydrogen) atoms. The molecule has 3 saturated carbocycles. The van der Waals surface area contributed by atoms with Crippen molar-refractivity contribution >= 4 is 23.5 Å². The van der Waals surface area contributed by atoms with Crippen molar-refractivity contribution < 1.29 is 38.1 Å². The first kappa shape index (κ1) is 26.7. The van der Waals surface area contributed by atoms with Gasteiger partial charge in [-0.05, 0) is 50.7 Å². The van der Waals surface area contributed by atoms with Gasteiger partial charge in [0, 0.05) is 35.5 Å². The van der Waals surface area contributed by atoms with Crippen LogP contribution in [0, 0.1) is 28.6 Å². The highest BCUT2D eigenvalue weighted by Crippen LogP contribution is 2.71. The number of rotatable bonds is 6. The van der Waals surface area contributed by atoms with Gasteiger partial charge in [-0.3, -0.25) is 19.2 Å². The number of esters is 2. The number of carbonyl (C=O) groups excluding carboxylic acids is 4. The third kappa shape index (κ3) is 3.39. The second-order valence-electron chi connectivity index (χ2n) is 11.4. The molecule has 1 unspecified atom stereocenters. The summed E-state index contributed by atoms with van der Waals surface area (Å²) in [4.78, 5) is 50.3. The molecule has 0 aromatic carbocycles. The molecule has 7 nitrogen and oxygen atoms in total. The van der Waals surface area contributed by atoms with Gasteiger partial charge in [0.25, 0.3) is 0 Å². The van der Waals surface area contributed by atoms with Gasteiger partial charge < -0.3 is 14.6 Å². The Hall–Kier alpha value is -2.35. The first-order chi connectivity index (χ1) is 16.8. The average molecular weight is 505 g/mol. The maximum absolute atomic E-state index is 17.4. The largest absolute Gasteiger partial charge is 0.457 e. The lowest BCUT2D eigenvalue weighted by atomic mass is 9.44. The molecule has 198 valence electrons. The summed E-state index contributed by atoms with van der Waals surface area (Å²) in [6.45, 7) is 8.05. The minimum atomic E-state index is -2.05. The summed E-state index contributed by atoms with van der Waals surface area (Å²) >= 11 is 0. The number of allylic oxidation sites excluding steroid dienone is 4. The van der Waals surface area contributed by atoms with Gasteiger partial charge in [0.05, 0.1) is 6.10 Å². The molecule has 0 spiro atoms. The van der Waals surface area contributed by atoms with E-state index in [1.54, 1.807) is 33.8 Å². The van der Waals surface area contributed by atoms with Crippen LogP contribution in [0.1, 0.15) is 73.1 Å². The van der Waals surface area contributed by atoms with E-state index in [0.717, 1.165) is 0 Å². The minimum absolute atomic E-state index is 0.0430. The predicted octanol–water partition coefficient (Wildman–Crippen LogP) is 3.82. The van der Waals surface area contributed by atoms with Crippen LogP contribution in [-0.2, 0) is 28.7 Å². The zero-order valence-electron chi connectivity index (χ0n) is 21.8. The van der Waals surface area contributed by atoms with Crippen LogP contribution in [0.25, 0.3) is 0 Å². The fourth-order valence-electron chi connectivity index (χ4n) is 8.01. The van der Waals surface area contributed by atoms with E-state index in [9.17, 15) is 24.3 Å². The molecule has 4 aliphatic rings. The SMILES string of the molecule is CCC(=O)OCC(=O)[C@@]1(OC(=O)CC)[C@@H](C)C[C@H]2[C@@H]3CCC4=CC(=O)C=CC4(C)[C@@]3(F)[C@@H](O)C[C@@]21C. The maximum atomic E-state index is 17.4. The Morgan fingerprint density at radius 2 is 1.81 bits per heavy atom. The van der Waals surface area contributed by atoms with E-state index in [4.69, 9.17) is 9.47 Å². The van der Waals surface area contributed by atoms with Crippen LogP contribution in [0.5, 0.6) is 0 Å². The van der Waals surface area contributed by atoms with Crippen LogP contribution in [0.15, 0.2) is 23.8 Å². The van der Waals surface area contributed by atoms with E-state index in [-0.39, 0.29) is 31.0 Å². The van der Waals surface area contributed by atoms with Gasteiger partial charge in [-0.1, -0.05) is 39.3 Å². The van der Waals surface area contributed by atoms with E-state index in [0.29, 0.717) is 24.8 Å². The molecule has 4 aliphatic carbocycles. The smallest absolute Gasteiger partial charge is 0.306 e. The van der Waals surface area contributed by atoms with E-state index >= 15 is 4.39 Å². The number of hydrogen-bond donors (Lipinski definition) is 1. The van der Waals surface area contributed by atoms with Crippen molar-refractivity contribution in [2.24, 2.45) is 28.6 Å². The third-order valence-corrected chi connectivity index (χ3v) is 9.81. The van der Waals surface area contributed by atoms with Gasteiger partial charge in [0.1, 0.15) is 0 Å². The zero-order valence-corrected chi connectivity index (χ0v) is 21.8.